The maximum Gasteiger partial charge on any atom is 0.310 e. The predicted molar refractivity (Wildman–Crippen MR) is 141 cm³/mol. The van der Waals surface area contributed by atoms with Gasteiger partial charge in [0.2, 0.25) is 10.0 Å². The molecule has 0 radical (unpaired) electrons. The van der Waals surface area contributed by atoms with Crippen molar-refractivity contribution in [3.05, 3.63) is 83.6 Å². The molecule has 2 N–H and O–H groups in total. The molecule has 0 aliphatic heterocycles. The number of para-hydroxylation sites is 1. The molecule has 8 nitrogen and oxygen atoms in total. The maximum absolute atomic E-state index is 15.3. The number of pyridine rings is 1. The number of carbonyl (C=O) groups excluding carboxylic acids is 1. The Bertz CT molecular complexity index is 1610. The van der Waals surface area contributed by atoms with E-state index in [9.17, 15) is 13.2 Å². The fourth-order valence-corrected chi connectivity index (χ4v) is 6.20. The summed E-state index contributed by atoms with van der Waals surface area (Å²) in [7, 11) is -3.58. The van der Waals surface area contributed by atoms with Crippen molar-refractivity contribution in [1.82, 2.24) is 8.96 Å². The van der Waals surface area contributed by atoms with Crippen LogP contribution in [-0.4, -0.2) is 35.2 Å². The fourth-order valence-electron chi connectivity index (χ4n) is 4.49. The van der Waals surface area contributed by atoms with Crippen molar-refractivity contribution in [2.75, 3.05) is 6.61 Å². The molecule has 1 fully saturated rings. The Balaban J connectivity index is 1.57. The van der Waals surface area contributed by atoms with E-state index < -0.39 is 21.1 Å². The zero-order valence-corrected chi connectivity index (χ0v) is 21.7. The van der Waals surface area contributed by atoms with Crippen LogP contribution in [0.3, 0.4) is 0 Å². The summed E-state index contributed by atoms with van der Waals surface area (Å²) in [5.74, 6) is -0.408. The zero-order valence-electron chi connectivity index (χ0n) is 20.9. The van der Waals surface area contributed by atoms with Crippen LogP contribution in [0.15, 0.2) is 60.9 Å². The molecule has 4 aromatic rings. The number of nitrogens with two attached hydrogens (primary N) is 1. The molecule has 0 saturated heterocycles. The van der Waals surface area contributed by atoms with Gasteiger partial charge in [-0.2, -0.15) is 0 Å². The second-order valence-electron chi connectivity index (χ2n) is 9.13. The molecule has 0 spiro atoms. The average Bonchev–Trinajstić information content (AvgIpc) is 3.68. The molecule has 198 valence electrons. The summed E-state index contributed by atoms with van der Waals surface area (Å²) in [5.41, 5.74) is 8.34. The summed E-state index contributed by atoms with van der Waals surface area (Å²) in [6, 6.07) is 13.9. The van der Waals surface area contributed by atoms with Crippen LogP contribution in [0.4, 0.5) is 4.39 Å². The average molecular weight is 538 g/mol. The highest BCUT2D eigenvalue weighted by molar-refractivity contribution is 7.91. The lowest BCUT2D eigenvalue weighted by molar-refractivity contribution is -0.142. The number of esters is 1. The Morgan fingerprint density at radius 2 is 1.95 bits per heavy atom. The lowest BCUT2D eigenvalue weighted by atomic mass is 9.98. The van der Waals surface area contributed by atoms with Crippen molar-refractivity contribution in [2.45, 2.75) is 44.6 Å². The smallest absolute Gasteiger partial charge is 0.310 e. The van der Waals surface area contributed by atoms with Gasteiger partial charge in [-0.3, -0.25) is 9.78 Å². The maximum atomic E-state index is 15.3. The summed E-state index contributed by atoms with van der Waals surface area (Å²) in [5, 5.41) is 0.173. The zero-order chi connectivity index (χ0) is 26.9. The molecule has 10 heteroatoms. The third-order valence-electron chi connectivity index (χ3n) is 6.50. The van der Waals surface area contributed by atoms with Gasteiger partial charge >= 0.3 is 5.97 Å². The number of hydrogen-bond donors (Lipinski definition) is 1. The van der Waals surface area contributed by atoms with E-state index in [0.29, 0.717) is 46.2 Å². The van der Waals surface area contributed by atoms with E-state index in [1.807, 2.05) is 6.07 Å². The third kappa shape index (κ3) is 5.01. The molecule has 38 heavy (non-hydrogen) atoms. The minimum atomic E-state index is -3.58. The van der Waals surface area contributed by atoms with Crippen LogP contribution in [0.1, 0.15) is 36.6 Å². The van der Waals surface area contributed by atoms with Gasteiger partial charge in [0.05, 0.1) is 29.5 Å². The molecule has 2 heterocycles. The number of rotatable bonds is 10. The monoisotopic (exact) mass is 537 g/mol. The highest BCUT2D eigenvalue weighted by Gasteiger charge is 2.37. The first-order chi connectivity index (χ1) is 18.3. The predicted octanol–water partition coefficient (Wildman–Crippen LogP) is 4.33. The molecule has 1 aliphatic rings. The Hall–Kier alpha value is -3.76. The minimum Gasteiger partial charge on any atom is -0.489 e. The van der Waals surface area contributed by atoms with E-state index in [4.69, 9.17) is 15.2 Å². The van der Waals surface area contributed by atoms with Gasteiger partial charge in [-0.15, -0.1) is 0 Å². The van der Waals surface area contributed by atoms with Crippen LogP contribution in [0.5, 0.6) is 5.75 Å². The van der Waals surface area contributed by atoms with E-state index in [1.54, 1.807) is 49.4 Å². The molecule has 1 saturated carbocycles. The van der Waals surface area contributed by atoms with Crippen LogP contribution >= 0.6 is 0 Å². The first-order valence-corrected chi connectivity index (χ1v) is 13.9. The standard InChI is InChI=1S/C28H28FN3O5S/c1-2-36-27(33)15-19-5-3-4-6-26(19)37-17-18-13-23(22-9-11-31-24(16-30)28(22)29)21-10-12-32(25(21)14-18)38(34,35)20-7-8-20/h3-6,9-14,20H,2,7-8,15-17,30H2,1H3. The normalized spacial score (nSPS) is 13.6. The molecule has 2 aromatic heterocycles. The molecule has 5 rings (SSSR count). The number of nitrogens with zero attached hydrogens (tertiary/aromatic N) is 2. The summed E-state index contributed by atoms with van der Waals surface area (Å²) in [6.45, 7) is 2.02. The molecular weight excluding hydrogens is 509 g/mol. The summed E-state index contributed by atoms with van der Waals surface area (Å²) in [6.07, 6.45) is 4.30. The van der Waals surface area contributed by atoms with E-state index >= 15 is 4.39 Å². The number of carbonyl (C=O) groups is 1. The molecule has 0 bridgehead atoms. The van der Waals surface area contributed by atoms with Gasteiger partial charge in [-0.25, -0.2) is 16.8 Å². The third-order valence-corrected chi connectivity index (χ3v) is 8.68. The lowest BCUT2D eigenvalue weighted by Gasteiger charge is -2.15. The SMILES string of the molecule is CCOC(=O)Cc1ccccc1OCc1cc(-c2ccnc(CN)c2F)c2ccn(S(=O)(=O)C3CC3)c2c1. The van der Waals surface area contributed by atoms with Gasteiger partial charge in [0.15, 0.2) is 5.82 Å². The first-order valence-electron chi connectivity index (χ1n) is 12.4. The largest absolute Gasteiger partial charge is 0.489 e. The van der Waals surface area contributed by atoms with Crippen molar-refractivity contribution < 1.29 is 27.1 Å². The van der Waals surface area contributed by atoms with Crippen molar-refractivity contribution in [1.29, 1.82) is 0 Å². The summed E-state index contributed by atoms with van der Waals surface area (Å²) in [4.78, 5) is 16.1. The Kier molecular flexibility index (Phi) is 7.18. The van der Waals surface area contributed by atoms with E-state index in [0.717, 1.165) is 0 Å². The van der Waals surface area contributed by atoms with Crippen LogP contribution in [-0.2, 0) is 39.1 Å². The van der Waals surface area contributed by atoms with Crippen LogP contribution in [0.25, 0.3) is 22.0 Å². The molecular formula is C28H28FN3O5S. The summed E-state index contributed by atoms with van der Waals surface area (Å²) >= 11 is 0. The molecule has 1 aliphatic carbocycles. The Morgan fingerprint density at radius 1 is 1.16 bits per heavy atom. The minimum absolute atomic E-state index is 0.0564. The number of hydrogen-bond acceptors (Lipinski definition) is 7. The first kappa shape index (κ1) is 25.9. The van der Waals surface area contributed by atoms with Gasteiger partial charge in [-0.05, 0) is 61.2 Å². The second kappa shape index (κ2) is 10.5. The second-order valence-corrected chi connectivity index (χ2v) is 11.2. The van der Waals surface area contributed by atoms with E-state index in [-0.39, 0.29) is 43.4 Å². The topological polar surface area (TPSA) is 114 Å². The van der Waals surface area contributed by atoms with Crippen molar-refractivity contribution in [3.8, 4) is 16.9 Å². The number of fused-ring (bicyclic) bond motifs is 1. The fraction of sp³-hybridized carbons (Fsp3) is 0.286. The highest BCUT2D eigenvalue weighted by atomic mass is 32.2. The quantitative estimate of drug-likeness (QED) is 0.300. The summed E-state index contributed by atoms with van der Waals surface area (Å²) < 4.78 is 54.1. The molecule has 2 aromatic carbocycles. The van der Waals surface area contributed by atoms with E-state index in [2.05, 4.69) is 4.98 Å². The number of ether oxygens (including phenoxy) is 2. The van der Waals surface area contributed by atoms with Crippen molar-refractivity contribution in [3.63, 3.8) is 0 Å². The van der Waals surface area contributed by atoms with Gasteiger partial charge in [0, 0.05) is 35.5 Å². The van der Waals surface area contributed by atoms with E-state index in [1.165, 1.54) is 16.4 Å². The molecule has 0 unspecified atom stereocenters. The number of aromatic nitrogens is 2. The number of benzene rings is 2. The number of halogens is 1. The van der Waals surface area contributed by atoms with Crippen LogP contribution < -0.4 is 10.5 Å². The van der Waals surface area contributed by atoms with Crippen molar-refractivity contribution in [2.24, 2.45) is 5.73 Å². The highest BCUT2D eigenvalue weighted by Crippen LogP contribution is 2.37. The van der Waals surface area contributed by atoms with Gasteiger partial charge in [0.1, 0.15) is 12.4 Å². The van der Waals surface area contributed by atoms with Gasteiger partial charge in [0.25, 0.3) is 0 Å². The van der Waals surface area contributed by atoms with Crippen LogP contribution in [0, 0.1) is 5.82 Å². The van der Waals surface area contributed by atoms with Gasteiger partial charge in [-0.1, -0.05) is 18.2 Å². The Morgan fingerprint density at radius 3 is 2.68 bits per heavy atom. The lowest BCUT2D eigenvalue weighted by Crippen LogP contribution is -2.16. The van der Waals surface area contributed by atoms with Gasteiger partial charge < -0.3 is 15.2 Å². The van der Waals surface area contributed by atoms with Crippen LogP contribution in [0.2, 0.25) is 0 Å². The molecule has 0 amide bonds. The Labute approximate surface area is 220 Å². The molecule has 0 atom stereocenters. The van der Waals surface area contributed by atoms with Crippen molar-refractivity contribution >= 4 is 26.9 Å².